The molecular formula is C9H13N3O6S2. The van der Waals surface area contributed by atoms with Gasteiger partial charge in [0.25, 0.3) is 10.0 Å². The molecule has 1 aliphatic rings. The lowest BCUT2D eigenvalue weighted by atomic mass is 10.4. The molecule has 0 aliphatic carbocycles. The van der Waals surface area contributed by atoms with Crippen molar-refractivity contribution in [2.24, 2.45) is 0 Å². The first-order chi connectivity index (χ1) is 9.24. The van der Waals surface area contributed by atoms with Gasteiger partial charge in [-0.05, 0) is 6.42 Å². The monoisotopic (exact) mass is 323 g/mol. The van der Waals surface area contributed by atoms with E-state index in [0.29, 0.717) is 0 Å². The van der Waals surface area contributed by atoms with Gasteiger partial charge in [0.2, 0.25) is 0 Å². The second-order valence-corrected chi connectivity index (χ2v) is 8.51. The van der Waals surface area contributed by atoms with Gasteiger partial charge in [0.1, 0.15) is 5.56 Å². The van der Waals surface area contributed by atoms with Gasteiger partial charge < -0.3 is 5.11 Å². The third-order valence-corrected chi connectivity index (χ3v) is 6.53. The largest absolute Gasteiger partial charge is 0.478 e. The van der Waals surface area contributed by atoms with E-state index in [2.05, 4.69) is 10.2 Å². The number of carboxylic acid groups (broad SMARTS) is 1. The maximum Gasteiger partial charge on any atom is 0.340 e. The molecule has 0 spiro atoms. The minimum Gasteiger partial charge on any atom is -0.478 e. The van der Waals surface area contributed by atoms with Crippen molar-refractivity contribution >= 4 is 25.8 Å². The van der Waals surface area contributed by atoms with Crippen LogP contribution in [0, 0.1) is 0 Å². The number of hydrogen-bond acceptors (Lipinski definition) is 6. The summed E-state index contributed by atoms with van der Waals surface area (Å²) in [6.45, 7) is -0.164. The van der Waals surface area contributed by atoms with E-state index < -0.39 is 36.4 Å². The first-order valence-corrected chi connectivity index (χ1v) is 8.97. The van der Waals surface area contributed by atoms with Crippen molar-refractivity contribution < 1.29 is 26.7 Å². The summed E-state index contributed by atoms with van der Waals surface area (Å²) in [5.74, 6) is -1.77. The Bertz CT molecular complexity index is 721. The predicted molar refractivity (Wildman–Crippen MR) is 67.6 cm³/mol. The lowest BCUT2D eigenvalue weighted by molar-refractivity contribution is 0.0692. The number of aromatic nitrogens is 2. The van der Waals surface area contributed by atoms with Crippen LogP contribution in [-0.4, -0.2) is 67.0 Å². The van der Waals surface area contributed by atoms with E-state index in [9.17, 15) is 21.6 Å². The van der Waals surface area contributed by atoms with Crippen LogP contribution >= 0.6 is 0 Å². The number of carbonyl (C=O) groups is 1. The molecule has 0 unspecified atom stereocenters. The number of aromatic carboxylic acids is 1. The van der Waals surface area contributed by atoms with E-state index in [0.717, 1.165) is 10.5 Å². The Kier molecular flexibility index (Phi) is 3.84. The molecule has 2 heterocycles. The van der Waals surface area contributed by atoms with Crippen LogP contribution in [0.1, 0.15) is 16.8 Å². The normalized spacial score (nSPS) is 20.4. The second kappa shape index (κ2) is 5.14. The fourth-order valence-corrected chi connectivity index (χ4v) is 4.84. The van der Waals surface area contributed by atoms with Gasteiger partial charge in [-0.15, -0.1) is 0 Å². The van der Waals surface area contributed by atoms with E-state index in [-0.39, 0.29) is 31.0 Å². The van der Waals surface area contributed by atoms with E-state index in [1.54, 1.807) is 0 Å². The smallest absolute Gasteiger partial charge is 0.340 e. The quantitative estimate of drug-likeness (QED) is 0.721. The van der Waals surface area contributed by atoms with Gasteiger partial charge >= 0.3 is 5.97 Å². The highest BCUT2D eigenvalue weighted by molar-refractivity contribution is 7.91. The molecular weight excluding hydrogens is 310 g/mol. The summed E-state index contributed by atoms with van der Waals surface area (Å²) in [5, 5.41) is 14.0. The van der Waals surface area contributed by atoms with Crippen molar-refractivity contribution in [3.63, 3.8) is 0 Å². The van der Waals surface area contributed by atoms with Crippen molar-refractivity contribution in [2.75, 3.05) is 24.6 Å². The molecule has 2 N–H and O–H groups in total. The van der Waals surface area contributed by atoms with E-state index >= 15 is 0 Å². The highest BCUT2D eigenvalue weighted by Gasteiger charge is 2.33. The summed E-state index contributed by atoms with van der Waals surface area (Å²) in [5.41, 5.74) is -0.461. The lowest BCUT2D eigenvalue weighted by Crippen LogP contribution is -2.34. The fourth-order valence-electron chi connectivity index (χ4n) is 1.91. The first-order valence-electron chi connectivity index (χ1n) is 5.71. The first kappa shape index (κ1) is 14.9. The topological polar surface area (TPSA) is 137 Å². The maximum absolute atomic E-state index is 12.3. The maximum atomic E-state index is 12.3. The molecule has 11 heteroatoms. The van der Waals surface area contributed by atoms with Crippen molar-refractivity contribution in [1.82, 2.24) is 14.5 Å². The van der Waals surface area contributed by atoms with Crippen LogP contribution in [0.15, 0.2) is 11.2 Å². The van der Waals surface area contributed by atoms with Crippen LogP contribution in [0.3, 0.4) is 0 Å². The minimum absolute atomic E-state index is 0.0274. The number of nitrogens with one attached hydrogen (secondary N) is 1. The average molecular weight is 323 g/mol. The fraction of sp³-hybridized carbons (Fsp3) is 0.556. The molecule has 0 amide bonds. The van der Waals surface area contributed by atoms with Crippen LogP contribution in [0.2, 0.25) is 0 Å². The van der Waals surface area contributed by atoms with Crippen molar-refractivity contribution in [2.45, 2.75) is 11.4 Å². The standard InChI is InChI=1S/C9H13N3O6S2/c13-9(14)7-6-10-11-8(7)20(17,18)12-2-1-4-19(15,16)5-3-12/h6H,1-5H2,(H,10,11)(H,13,14). The molecule has 112 valence electrons. The zero-order valence-corrected chi connectivity index (χ0v) is 11.9. The molecule has 1 aliphatic heterocycles. The van der Waals surface area contributed by atoms with Gasteiger partial charge in [0.15, 0.2) is 14.9 Å². The summed E-state index contributed by atoms with van der Waals surface area (Å²) in [6, 6.07) is 0. The van der Waals surface area contributed by atoms with Crippen LogP contribution in [-0.2, 0) is 19.9 Å². The van der Waals surface area contributed by atoms with Crippen molar-refractivity contribution in [3.05, 3.63) is 11.8 Å². The molecule has 20 heavy (non-hydrogen) atoms. The Morgan fingerprint density at radius 2 is 2.05 bits per heavy atom. The zero-order valence-electron chi connectivity index (χ0n) is 10.3. The predicted octanol–water partition coefficient (Wildman–Crippen LogP) is -1.08. The van der Waals surface area contributed by atoms with Crippen LogP contribution < -0.4 is 0 Å². The molecule has 1 aromatic heterocycles. The number of H-pyrrole nitrogens is 1. The van der Waals surface area contributed by atoms with Crippen LogP contribution in [0.25, 0.3) is 0 Å². The molecule has 0 bridgehead atoms. The molecule has 9 nitrogen and oxygen atoms in total. The third kappa shape index (κ3) is 2.83. The van der Waals surface area contributed by atoms with E-state index in [4.69, 9.17) is 5.11 Å². The Morgan fingerprint density at radius 1 is 1.35 bits per heavy atom. The summed E-state index contributed by atoms with van der Waals surface area (Å²) < 4.78 is 48.6. The molecule has 0 aromatic carbocycles. The van der Waals surface area contributed by atoms with Gasteiger partial charge in [-0.3, -0.25) is 5.10 Å². The lowest BCUT2D eigenvalue weighted by Gasteiger charge is -2.18. The Labute approximate surface area is 115 Å². The highest BCUT2D eigenvalue weighted by Crippen LogP contribution is 2.19. The van der Waals surface area contributed by atoms with Gasteiger partial charge in [-0.2, -0.15) is 9.40 Å². The number of aromatic amines is 1. The van der Waals surface area contributed by atoms with E-state index in [1.807, 2.05) is 0 Å². The van der Waals surface area contributed by atoms with Gasteiger partial charge in [0, 0.05) is 13.1 Å². The summed E-state index contributed by atoms with van der Waals surface area (Å²) in [7, 11) is -7.35. The van der Waals surface area contributed by atoms with Gasteiger partial charge in [-0.25, -0.2) is 21.6 Å². The summed E-state index contributed by atoms with van der Waals surface area (Å²) >= 11 is 0. The molecule has 1 aromatic rings. The molecule has 1 fully saturated rings. The highest BCUT2D eigenvalue weighted by atomic mass is 32.2. The Balaban J connectivity index is 2.35. The summed E-state index contributed by atoms with van der Waals surface area (Å²) in [4.78, 5) is 10.9. The minimum atomic E-state index is -4.10. The number of carboxylic acids is 1. The number of nitrogens with zero attached hydrogens (tertiary/aromatic N) is 2. The van der Waals surface area contributed by atoms with E-state index in [1.165, 1.54) is 0 Å². The zero-order chi connectivity index (χ0) is 15.0. The molecule has 0 saturated carbocycles. The number of hydrogen-bond donors (Lipinski definition) is 2. The Hall–Kier alpha value is -1.46. The third-order valence-electron chi connectivity index (χ3n) is 2.95. The number of sulfonamides is 1. The molecule has 0 radical (unpaired) electrons. The molecule has 0 atom stereocenters. The van der Waals surface area contributed by atoms with Crippen molar-refractivity contribution in [1.29, 1.82) is 0 Å². The van der Waals surface area contributed by atoms with Crippen molar-refractivity contribution in [3.8, 4) is 0 Å². The van der Waals surface area contributed by atoms with Gasteiger partial charge in [0.05, 0.1) is 17.7 Å². The average Bonchev–Trinajstić information content (AvgIpc) is 2.76. The van der Waals surface area contributed by atoms with Gasteiger partial charge in [-0.1, -0.05) is 0 Å². The van der Waals surface area contributed by atoms with Crippen LogP contribution in [0.4, 0.5) is 0 Å². The molecule has 2 rings (SSSR count). The molecule has 1 saturated heterocycles. The number of rotatable bonds is 3. The second-order valence-electron chi connectivity index (χ2n) is 4.33. The number of sulfone groups is 1. The Morgan fingerprint density at radius 3 is 2.70 bits per heavy atom. The van der Waals surface area contributed by atoms with Crippen LogP contribution in [0.5, 0.6) is 0 Å². The SMILES string of the molecule is O=C(O)c1cn[nH]c1S(=O)(=O)N1CCCS(=O)(=O)CC1. The summed E-state index contributed by atoms with van der Waals surface area (Å²) in [6.07, 6.45) is 1.09.